The maximum absolute atomic E-state index is 9.19. The van der Waals surface area contributed by atoms with Gasteiger partial charge in [-0.25, -0.2) is 4.99 Å². The van der Waals surface area contributed by atoms with Crippen LogP contribution in [0.4, 0.5) is 5.69 Å². The summed E-state index contributed by atoms with van der Waals surface area (Å²) in [6.45, 7) is 1.06. The number of nitrogens with zero attached hydrogens (tertiary/aromatic N) is 3. The van der Waals surface area contributed by atoms with Gasteiger partial charge in [-0.05, 0) is 37.0 Å². The lowest BCUT2D eigenvalue weighted by atomic mass is 9.96. The van der Waals surface area contributed by atoms with Gasteiger partial charge in [-0.3, -0.25) is 5.41 Å². The van der Waals surface area contributed by atoms with Gasteiger partial charge >= 0.3 is 0 Å². The van der Waals surface area contributed by atoms with Crippen LogP contribution in [0.2, 0.25) is 0 Å². The number of nitrogen functional groups attached to an aromatic ring is 1. The number of nitrogens with one attached hydrogen (secondary N) is 1. The monoisotopic (exact) mass is 435 g/mol. The summed E-state index contributed by atoms with van der Waals surface area (Å²) in [7, 11) is 1.90. The fraction of sp³-hybridized carbons (Fsp3) is 0.292. The molecule has 0 fully saturated rings. The summed E-state index contributed by atoms with van der Waals surface area (Å²) in [5, 5.41) is 17.9. The van der Waals surface area contributed by atoms with Crippen molar-refractivity contribution in [3.05, 3.63) is 70.9 Å². The molecule has 31 heavy (non-hydrogen) atoms. The van der Waals surface area contributed by atoms with Gasteiger partial charge in [0.1, 0.15) is 17.7 Å². The van der Waals surface area contributed by atoms with E-state index in [1.54, 1.807) is 18.2 Å². The van der Waals surface area contributed by atoms with Crippen molar-refractivity contribution in [1.29, 1.82) is 10.7 Å². The molecule has 1 aliphatic carbocycles. The number of nitriles is 1. The first-order valence-corrected chi connectivity index (χ1v) is 10.6. The van der Waals surface area contributed by atoms with Crippen LogP contribution >= 0.6 is 11.6 Å². The molecule has 1 atom stereocenters. The van der Waals surface area contributed by atoms with Gasteiger partial charge in [0.15, 0.2) is 0 Å². The Hall–Kier alpha value is -3.30. The van der Waals surface area contributed by atoms with E-state index in [0.29, 0.717) is 42.4 Å². The van der Waals surface area contributed by atoms with Gasteiger partial charge in [-0.1, -0.05) is 41.9 Å². The van der Waals surface area contributed by atoms with Crippen LogP contribution in [0.25, 0.3) is 0 Å². The number of hydrogen-bond donors (Lipinski definition) is 2. The first-order chi connectivity index (χ1) is 15.0. The van der Waals surface area contributed by atoms with Gasteiger partial charge in [0.25, 0.3) is 0 Å². The second-order valence-corrected chi connectivity index (χ2v) is 7.63. The molecular weight excluding hydrogens is 410 g/mol. The van der Waals surface area contributed by atoms with Crippen LogP contribution in [0.15, 0.2) is 64.8 Å². The Morgan fingerprint density at radius 2 is 2.13 bits per heavy atom. The maximum Gasteiger partial charge on any atom is 0.139 e. The zero-order valence-electron chi connectivity index (χ0n) is 17.5. The number of halogens is 1. The summed E-state index contributed by atoms with van der Waals surface area (Å²) in [6.07, 6.45) is 2.40. The molecule has 2 aromatic rings. The minimum absolute atomic E-state index is 0.149. The molecule has 0 heterocycles. The van der Waals surface area contributed by atoms with Gasteiger partial charge in [0.2, 0.25) is 0 Å². The number of anilines is 1. The Labute approximate surface area is 188 Å². The minimum Gasteiger partial charge on any atom is -0.492 e. The van der Waals surface area contributed by atoms with Crippen molar-refractivity contribution in [3.63, 3.8) is 0 Å². The minimum atomic E-state index is 0.149. The van der Waals surface area contributed by atoms with Crippen LogP contribution in [0.5, 0.6) is 5.75 Å². The summed E-state index contributed by atoms with van der Waals surface area (Å²) in [6, 6.07) is 17.3. The van der Waals surface area contributed by atoms with E-state index in [-0.39, 0.29) is 5.92 Å². The van der Waals surface area contributed by atoms with E-state index in [2.05, 4.69) is 23.2 Å². The Morgan fingerprint density at radius 1 is 1.35 bits per heavy atom. The Morgan fingerprint density at radius 3 is 2.84 bits per heavy atom. The van der Waals surface area contributed by atoms with Gasteiger partial charge < -0.3 is 15.4 Å². The van der Waals surface area contributed by atoms with Crippen molar-refractivity contribution < 1.29 is 4.74 Å². The van der Waals surface area contributed by atoms with Crippen molar-refractivity contribution in [2.75, 3.05) is 25.9 Å². The zero-order chi connectivity index (χ0) is 22.2. The molecular formula is C24H26ClN5O. The highest BCUT2D eigenvalue weighted by Gasteiger charge is 2.29. The Balaban J connectivity index is 1.62. The van der Waals surface area contributed by atoms with Gasteiger partial charge in [-0.2, -0.15) is 5.26 Å². The predicted molar refractivity (Wildman–Crippen MR) is 126 cm³/mol. The van der Waals surface area contributed by atoms with Crippen molar-refractivity contribution in [2.24, 2.45) is 4.99 Å². The van der Waals surface area contributed by atoms with Crippen molar-refractivity contribution in [1.82, 2.24) is 4.90 Å². The number of allylic oxidation sites excluding steroid dienone is 1. The molecule has 0 bridgehead atoms. The largest absolute Gasteiger partial charge is 0.492 e. The third-order valence-corrected chi connectivity index (χ3v) is 5.50. The maximum atomic E-state index is 9.19. The summed E-state index contributed by atoms with van der Waals surface area (Å²) in [5.41, 5.74) is 11.1. The first-order valence-electron chi connectivity index (χ1n) is 10.2. The first kappa shape index (κ1) is 22.4. The predicted octanol–water partition coefficient (Wildman–Crippen LogP) is 4.92. The summed E-state index contributed by atoms with van der Waals surface area (Å²) >= 11 is 5.82. The fourth-order valence-electron chi connectivity index (χ4n) is 3.81. The number of aliphatic imine (C=N–C) groups is 1. The third-order valence-electron chi connectivity index (χ3n) is 5.40. The van der Waals surface area contributed by atoms with E-state index in [1.807, 2.05) is 30.1 Å². The topological polar surface area (TPSA) is 98.5 Å². The number of ether oxygens (including phenoxy) is 1. The third kappa shape index (κ3) is 5.44. The molecule has 0 aromatic heterocycles. The van der Waals surface area contributed by atoms with Crippen molar-refractivity contribution in [2.45, 2.75) is 25.2 Å². The van der Waals surface area contributed by atoms with Crippen LogP contribution in [0, 0.1) is 16.7 Å². The van der Waals surface area contributed by atoms with E-state index in [1.165, 1.54) is 11.2 Å². The zero-order valence-corrected chi connectivity index (χ0v) is 18.3. The van der Waals surface area contributed by atoms with Crippen LogP contribution < -0.4 is 10.5 Å². The van der Waals surface area contributed by atoms with Crippen LogP contribution in [0.3, 0.4) is 0 Å². The second-order valence-electron chi connectivity index (χ2n) is 7.43. The lowest BCUT2D eigenvalue weighted by Gasteiger charge is -2.21. The standard InChI is InChI=1S/C24H26ClN5O/c1-30(12-5-13-31-22-14-19(27)9-8-18(22)15-26)24(28)21-11-10-20(23(21)29-16-25)17-6-3-2-4-7-17/h2-4,6-9,14,16,20,28H,5,10-13,27H2,1H3. The van der Waals surface area contributed by atoms with Crippen LogP contribution in [-0.4, -0.2) is 36.6 Å². The Kier molecular flexibility index (Phi) is 7.69. The summed E-state index contributed by atoms with van der Waals surface area (Å²) < 4.78 is 5.75. The van der Waals surface area contributed by atoms with Gasteiger partial charge in [-0.15, -0.1) is 0 Å². The number of amidine groups is 1. The molecule has 0 radical (unpaired) electrons. The molecule has 160 valence electrons. The fourth-order valence-corrected chi connectivity index (χ4v) is 3.92. The van der Waals surface area contributed by atoms with E-state index in [0.717, 1.165) is 24.1 Å². The molecule has 0 spiro atoms. The highest BCUT2D eigenvalue weighted by Crippen LogP contribution is 2.40. The second kappa shape index (κ2) is 10.6. The van der Waals surface area contributed by atoms with Crippen molar-refractivity contribution in [3.8, 4) is 11.8 Å². The molecule has 3 rings (SSSR count). The normalized spacial score (nSPS) is 15.8. The summed E-state index contributed by atoms with van der Waals surface area (Å²) in [5.74, 6) is 1.09. The molecule has 1 unspecified atom stereocenters. The molecule has 2 aromatic carbocycles. The van der Waals surface area contributed by atoms with Crippen LogP contribution in [0.1, 0.15) is 36.3 Å². The quantitative estimate of drug-likeness (QED) is 0.266. The number of nitrogens with two attached hydrogens (primary N) is 1. The molecule has 7 heteroatoms. The number of likely N-dealkylation sites (N-methyl/N-ethyl adjacent to an activating group) is 1. The van der Waals surface area contributed by atoms with Gasteiger partial charge in [0, 0.05) is 36.8 Å². The Bertz CT molecular complexity index is 1030. The van der Waals surface area contributed by atoms with E-state index < -0.39 is 0 Å². The number of benzene rings is 2. The van der Waals surface area contributed by atoms with Gasteiger partial charge in [0.05, 0.1) is 23.5 Å². The van der Waals surface area contributed by atoms with E-state index >= 15 is 0 Å². The lowest BCUT2D eigenvalue weighted by Crippen LogP contribution is -2.29. The SMILES string of the molecule is CN(CCCOc1cc(N)ccc1C#N)C(=N)C1=C(N=CCl)C(c2ccccc2)CC1. The molecule has 0 saturated heterocycles. The molecule has 0 saturated carbocycles. The molecule has 6 nitrogen and oxygen atoms in total. The van der Waals surface area contributed by atoms with E-state index in [9.17, 15) is 5.26 Å². The average Bonchev–Trinajstić information content (AvgIpc) is 3.20. The molecule has 1 aliphatic rings. The molecule has 0 amide bonds. The molecule has 0 aliphatic heterocycles. The smallest absolute Gasteiger partial charge is 0.139 e. The average molecular weight is 436 g/mol. The number of hydrogen-bond acceptors (Lipinski definition) is 5. The summed E-state index contributed by atoms with van der Waals surface area (Å²) in [4.78, 5) is 6.32. The molecule has 3 N–H and O–H groups in total. The highest BCUT2D eigenvalue weighted by molar-refractivity contribution is 6.56. The number of rotatable bonds is 8. The van der Waals surface area contributed by atoms with Crippen molar-refractivity contribution >= 4 is 28.8 Å². The highest BCUT2D eigenvalue weighted by atomic mass is 35.5. The van der Waals surface area contributed by atoms with E-state index in [4.69, 9.17) is 27.5 Å². The lowest BCUT2D eigenvalue weighted by molar-refractivity contribution is 0.294. The van der Waals surface area contributed by atoms with Crippen LogP contribution in [-0.2, 0) is 0 Å².